The van der Waals surface area contributed by atoms with E-state index < -0.39 is 0 Å². The van der Waals surface area contributed by atoms with Gasteiger partial charge >= 0.3 is 0 Å². The average molecular weight is 456 g/mol. The fraction of sp³-hybridized carbons (Fsp3) is 0.357. The number of aromatic nitrogens is 2. The molecule has 2 N–H and O–H groups in total. The van der Waals surface area contributed by atoms with Crippen molar-refractivity contribution in [3.63, 3.8) is 0 Å². The Kier molecular flexibility index (Phi) is 7.66. The largest absolute Gasteiger partial charge is 0.460 e. The normalized spacial score (nSPS) is 11.3. The predicted octanol–water partition coefficient (Wildman–Crippen LogP) is 7.15. The number of unbranched alkanes of at least 4 members (excludes halogenated alkanes) is 2. The highest BCUT2D eigenvalue weighted by Crippen LogP contribution is 2.35. The van der Waals surface area contributed by atoms with Gasteiger partial charge in [-0.1, -0.05) is 26.7 Å². The monoisotopic (exact) mass is 455 g/mol. The number of hydrogen-bond donors (Lipinski definition) is 2. The number of fused-ring (bicyclic) bond motifs is 1. The molecule has 6 nitrogen and oxygen atoms in total. The van der Waals surface area contributed by atoms with Crippen molar-refractivity contribution in [3.05, 3.63) is 65.8 Å². The van der Waals surface area contributed by atoms with E-state index in [1.807, 2.05) is 30.5 Å². The third-order valence-corrected chi connectivity index (χ3v) is 6.29. The average Bonchev–Trinajstić information content (AvgIpc) is 3.52. The van der Waals surface area contributed by atoms with Crippen LogP contribution >= 0.6 is 0 Å². The van der Waals surface area contributed by atoms with E-state index in [0.717, 1.165) is 53.1 Å². The summed E-state index contributed by atoms with van der Waals surface area (Å²) in [5, 5.41) is 14.4. The number of benzene rings is 1. The Hall–Kier alpha value is -3.56. The summed E-state index contributed by atoms with van der Waals surface area (Å²) in [6.07, 6.45) is 10.0. The number of H-pyrrole nitrogens is 1. The Morgan fingerprint density at radius 1 is 1.06 bits per heavy atom. The molecule has 4 rings (SSSR count). The van der Waals surface area contributed by atoms with Crippen LogP contribution < -0.4 is 5.32 Å². The summed E-state index contributed by atoms with van der Waals surface area (Å²) in [5.41, 5.74) is 5.14. The first kappa shape index (κ1) is 23.6. The molecule has 6 heteroatoms. The minimum atomic E-state index is 0.483. The third kappa shape index (κ3) is 5.16. The minimum absolute atomic E-state index is 0.483. The molecule has 0 radical (unpaired) electrons. The molecule has 0 saturated carbocycles. The van der Waals surface area contributed by atoms with E-state index >= 15 is 0 Å². The summed E-state index contributed by atoms with van der Waals surface area (Å²) in [5.74, 6) is 1.65. The van der Waals surface area contributed by atoms with Gasteiger partial charge in [0.2, 0.25) is 0 Å². The van der Waals surface area contributed by atoms with E-state index in [2.05, 4.69) is 53.1 Å². The van der Waals surface area contributed by atoms with Gasteiger partial charge in [0, 0.05) is 35.2 Å². The molecule has 0 aliphatic rings. The quantitative estimate of drug-likeness (QED) is 0.251. The maximum Gasteiger partial charge on any atom is 0.138 e. The molecule has 0 amide bonds. The van der Waals surface area contributed by atoms with Gasteiger partial charge < -0.3 is 14.7 Å². The Balaban J connectivity index is 1.63. The van der Waals surface area contributed by atoms with E-state index in [1.54, 1.807) is 12.4 Å². The van der Waals surface area contributed by atoms with E-state index in [0.29, 0.717) is 17.0 Å². The number of pyridine rings is 1. The molecule has 3 aromatic heterocycles. The number of anilines is 2. The number of nitriles is 1. The zero-order valence-electron chi connectivity index (χ0n) is 20.3. The second kappa shape index (κ2) is 11.0. The second-order valence-corrected chi connectivity index (χ2v) is 8.77. The van der Waals surface area contributed by atoms with Crippen molar-refractivity contribution in [2.75, 3.05) is 18.4 Å². The minimum Gasteiger partial charge on any atom is -0.460 e. The van der Waals surface area contributed by atoms with Crippen LogP contribution in [0, 0.1) is 18.3 Å². The fourth-order valence-electron chi connectivity index (χ4n) is 4.28. The number of rotatable bonds is 11. The smallest absolute Gasteiger partial charge is 0.138 e. The van der Waals surface area contributed by atoms with Crippen LogP contribution in [0.5, 0.6) is 0 Å². The summed E-state index contributed by atoms with van der Waals surface area (Å²) in [6, 6.07) is 12.5. The first-order valence-electron chi connectivity index (χ1n) is 12.2. The van der Waals surface area contributed by atoms with Gasteiger partial charge in [-0.05, 0) is 68.8 Å². The molecule has 1 aromatic carbocycles. The van der Waals surface area contributed by atoms with Crippen LogP contribution in [0.15, 0.2) is 53.3 Å². The predicted molar refractivity (Wildman–Crippen MR) is 138 cm³/mol. The molecular weight excluding hydrogens is 422 g/mol. The Morgan fingerprint density at radius 2 is 1.85 bits per heavy atom. The molecule has 0 bridgehead atoms. The molecule has 34 heavy (non-hydrogen) atoms. The molecule has 0 saturated heterocycles. The summed E-state index contributed by atoms with van der Waals surface area (Å²) in [4.78, 5) is 10.0. The van der Waals surface area contributed by atoms with Crippen LogP contribution in [0.25, 0.3) is 22.2 Å². The SMILES string of the molecule is CCCCN(CCCC)Cc1ccc(-c2cncc(C#N)c2Nc2ccc3[nH]ccc3c2C)o1. The summed E-state index contributed by atoms with van der Waals surface area (Å²) < 4.78 is 6.29. The first-order valence-corrected chi connectivity index (χ1v) is 12.2. The van der Waals surface area contributed by atoms with Gasteiger partial charge in [0.1, 0.15) is 17.6 Å². The van der Waals surface area contributed by atoms with E-state index in [4.69, 9.17) is 4.42 Å². The summed E-state index contributed by atoms with van der Waals surface area (Å²) in [6.45, 7) is 9.47. The molecule has 4 aromatic rings. The Labute approximate surface area is 201 Å². The van der Waals surface area contributed by atoms with E-state index in [-0.39, 0.29) is 0 Å². The second-order valence-electron chi connectivity index (χ2n) is 8.77. The van der Waals surface area contributed by atoms with Crippen molar-refractivity contribution in [2.45, 2.75) is 53.0 Å². The fourth-order valence-corrected chi connectivity index (χ4v) is 4.28. The van der Waals surface area contributed by atoms with Gasteiger partial charge in [-0.25, -0.2) is 0 Å². The van der Waals surface area contributed by atoms with Crippen molar-refractivity contribution in [2.24, 2.45) is 0 Å². The van der Waals surface area contributed by atoms with Crippen LogP contribution in [-0.4, -0.2) is 28.0 Å². The van der Waals surface area contributed by atoms with Crippen molar-refractivity contribution < 1.29 is 4.42 Å². The van der Waals surface area contributed by atoms with Gasteiger partial charge in [0.05, 0.1) is 23.4 Å². The van der Waals surface area contributed by atoms with Gasteiger partial charge in [-0.15, -0.1) is 0 Å². The molecule has 0 atom stereocenters. The van der Waals surface area contributed by atoms with E-state index in [1.165, 1.54) is 25.7 Å². The van der Waals surface area contributed by atoms with Gasteiger partial charge in [0.25, 0.3) is 0 Å². The standard InChI is InChI=1S/C28H33N5O/c1-4-6-14-33(15-7-5-2)19-22-8-11-27(34-22)24-18-30-17-21(16-29)28(24)32-25-9-10-26-23(20(25)3)12-13-31-26/h8-13,17-18,31H,4-7,14-15,19H2,1-3H3,(H,30,32). The third-order valence-electron chi connectivity index (χ3n) is 6.29. The molecule has 0 aliphatic carbocycles. The van der Waals surface area contributed by atoms with Gasteiger partial charge in [0.15, 0.2) is 0 Å². The van der Waals surface area contributed by atoms with Crippen LogP contribution in [0.3, 0.4) is 0 Å². The summed E-state index contributed by atoms with van der Waals surface area (Å²) in [7, 11) is 0. The van der Waals surface area contributed by atoms with Crippen molar-refractivity contribution in [1.82, 2.24) is 14.9 Å². The number of nitrogens with one attached hydrogen (secondary N) is 2. The lowest BCUT2D eigenvalue weighted by Gasteiger charge is -2.20. The molecular formula is C28H33N5O. The lowest BCUT2D eigenvalue weighted by Crippen LogP contribution is -2.25. The zero-order valence-corrected chi connectivity index (χ0v) is 20.3. The maximum atomic E-state index is 9.79. The van der Waals surface area contributed by atoms with Crippen molar-refractivity contribution >= 4 is 22.3 Å². The molecule has 0 fully saturated rings. The van der Waals surface area contributed by atoms with Crippen LogP contribution in [0.1, 0.15) is 56.4 Å². The number of aromatic amines is 1. The van der Waals surface area contributed by atoms with Gasteiger partial charge in [-0.3, -0.25) is 9.88 Å². The highest BCUT2D eigenvalue weighted by molar-refractivity contribution is 5.91. The lowest BCUT2D eigenvalue weighted by atomic mass is 10.1. The van der Waals surface area contributed by atoms with Crippen LogP contribution in [0.2, 0.25) is 0 Å². The first-order chi connectivity index (χ1) is 16.6. The molecule has 0 unspecified atom stereocenters. The Morgan fingerprint density at radius 3 is 2.59 bits per heavy atom. The van der Waals surface area contributed by atoms with Crippen LogP contribution in [0.4, 0.5) is 11.4 Å². The maximum absolute atomic E-state index is 9.79. The number of aryl methyl sites for hydroxylation is 1. The van der Waals surface area contributed by atoms with Crippen molar-refractivity contribution in [1.29, 1.82) is 5.26 Å². The lowest BCUT2D eigenvalue weighted by molar-refractivity contribution is 0.237. The molecule has 176 valence electrons. The number of nitrogens with zero attached hydrogens (tertiary/aromatic N) is 3. The Bertz CT molecular complexity index is 1270. The highest BCUT2D eigenvalue weighted by atomic mass is 16.3. The highest BCUT2D eigenvalue weighted by Gasteiger charge is 2.17. The summed E-state index contributed by atoms with van der Waals surface area (Å²) >= 11 is 0. The topological polar surface area (TPSA) is 80.9 Å². The van der Waals surface area contributed by atoms with Crippen molar-refractivity contribution in [3.8, 4) is 17.4 Å². The van der Waals surface area contributed by atoms with Crippen LogP contribution in [-0.2, 0) is 6.54 Å². The zero-order chi connectivity index (χ0) is 23.9. The number of hydrogen-bond acceptors (Lipinski definition) is 5. The van der Waals surface area contributed by atoms with E-state index in [9.17, 15) is 5.26 Å². The number of furan rings is 1. The molecule has 0 aliphatic heterocycles. The molecule has 3 heterocycles. The molecule has 0 spiro atoms. The van der Waals surface area contributed by atoms with Gasteiger partial charge in [-0.2, -0.15) is 5.26 Å².